The number of amides is 2. The first-order valence-corrected chi connectivity index (χ1v) is 10.1. The minimum absolute atomic E-state index is 0.0808. The molecule has 150 valence electrons. The predicted octanol–water partition coefficient (Wildman–Crippen LogP) is 4.50. The van der Waals surface area contributed by atoms with Crippen molar-refractivity contribution in [2.24, 2.45) is 0 Å². The van der Waals surface area contributed by atoms with Crippen molar-refractivity contribution in [3.05, 3.63) is 50.8 Å². The zero-order chi connectivity index (χ0) is 20.7. The van der Waals surface area contributed by atoms with Gasteiger partial charge in [-0.3, -0.25) is 9.59 Å². The molecule has 5 nitrogen and oxygen atoms in total. The summed E-state index contributed by atoms with van der Waals surface area (Å²) in [6.45, 7) is 0.496. The van der Waals surface area contributed by atoms with Crippen LogP contribution in [0.3, 0.4) is 0 Å². The Hall–Kier alpha value is -2.42. The molecule has 0 aliphatic carbocycles. The summed E-state index contributed by atoms with van der Waals surface area (Å²) in [6.07, 6.45) is 3.14. The summed E-state index contributed by atoms with van der Waals surface area (Å²) < 4.78 is 28.6. The number of carbonyl (C=O) groups excluding carboxylic acids is 2. The maximum atomic E-state index is 14.3. The third-order valence-corrected chi connectivity index (χ3v) is 6.21. The van der Waals surface area contributed by atoms with Crippen LogP contribution in [0.1, 0.15) is 12.0 Å². The van der Waals surface area contributed by atoms with Crippen molar-refractivity contribution in [1.82, 2.24) is 15.6 Å². The van der Waals surface area contributed by atoms with Crippen molar-refractivity contribution in [2.45, 2.75) is 12.5 Å². The minimum atomic E-state index is -0.772. The number of hydrogen-bond donors (Lipinski definition) is 3. The van der Waals surface area contributed by atoms with Gasteiger partial charge < -0.3 is 15.6 Å². The molecule has 4 rings (SSSR count). The first kappa shape index (κ1) is 19.9. The standard InChI is InChI=1S/C19H13Cl2F2N3O2S/c20-11-7-14(21)29-18(11)17-9(10-5-8(22)6-12(23)16(10)26-17)1-2-15(27)25-13-3-4-24-19(13)28/h1-2,5-7,13,26H,3-4H2,(H,24,28)(H,25,27)/t13-/m0/s1. The Labute approximate surface area is 177 Å². The van der Waals surface area contributed by atoms with E-state index in [-0.39, 0.29) is 16.8 Å². The van der Waals surface area contributed by atoms with Crippen LogP contribution in [0.2, 0.25) is 9.36 Å². The zero-order valence-corrected chi connectivity index (χ0v) is 16.9. The number of H-pyrrole nitrogens is 1. The van der Waals surface area contributed by atoms with Crippen LogP contribution in [0, 0.1) is 11.6 Å². The molecule has 1 aliphatic heterocycles. The van der Waals surface area contributed by atoms with E-state index in [0.29, 0.717) is 38.5 Å². The van der Waals surface area contributed by atoms with E-state index in [9.17, 15) is 18.4 Å². The molecule has 0 unspecified atom stereocenters. The summed E-state index contributed by atoms with van der Waals surface area (Å²) in [7, 11) is 0. The molecule has 10 heteroatoms. The van der Waals surface area contributed by atoms with Crippen molar-refractivity contribution >= 4 is 63.3 Å². The van der Waals surface area contributed by atoms with Crippen molar-refractivity contribution in [1.29, 1.82) is 0 Å². The fourth-order valence-electron chi connectivity index (χ4n) is 3.21. The summed E-state index contributed by atoms with van der Waals surface area (Å²) >= 11 is 13.4. The minimum Gasteiger partial charge on any atom is -0.354 e. The SMILES string of the molecule is O=C(C=Cc1c(-c2sc(Cl)cc2Cl)[nH]c2c(F)cc(F)cc12)N[C@H]1CCNC1=O. The first-order chi connectivity index (χ1) is 13.8. The molecule has 3 heterocycles. The highest BCUT2D eigenvalue weighted by atomic mass is 35.5. The van der Waals surface area contributed by atoms with Crippen LogP contribution in [0.25, 0.3) is 27.6 Å². The van der Waals surface area contributed by atoms with Crippen LogP contribution in [-0.2, 0) is 9.59 Å². The number of hydrogen-bond acceptors (Lipinski definition) is 3. The molecular weight excluding hydrogens is 443 g/mol. The summed E-state index contributed by atoms with van der Waals surface area (Å²) in [5.74, 6) is -2.27. The molecule has 0 saturated carbocycles. The Balaban J connectivity index is 1.77. The number of halogens is 4. The molecule has 1 fully saturated rings. The molecule has 2 amide bonds. The largest absolute Gasteiger partial charge is 0.354 e. The van der Waals surface area contributed by atoms with Crippen LogP contribution in [0.15, 0.2) is 24.3 Å². The molecule has 29 heavy (non-hydrogen) atoms. The average Bonchev–Trinajstić information content (AvgIpc) is 3.31. The van der Waals surface area contributed by atoms with E-state index in [1.54, 1.807) is 6.07 Å². The van der Waals surface area contributed by atoms with Gasteiger partial charge in [-0.15, -0.1) is 11.3 Å². The maximum absolute atomic E-state index is 14.3. The van der Waals surface area contributed by atoms with E-state index >= 15 is 0 Å². The van der Waals surface area contributed by atoms with Crippen molar-refractivity contribution in [3.8, 4) is 10.6 Å². The summed E-state index contributed by atoms with van der Waals surface area (Å²) in [5, 5.41) is 5.82. The molecule has 0 bridgehead atoms. The Kier molecular flexibility index (Phi) is 5.33. The molecule has 2 aromatic heterocycles. The third-order valence-electron chi connectivity index (χ3n) is 4.51. The number of rotatable bonds is 4. The van der Waals surface area contributed by atoms with Crippen LogP contribution in [-0.4, -0.2) is 29.4 Å². The van der Waals surface area contributed by atoms with Gasteiger partial charge in [-0.25, -0.2) is 8.78 Å². The molecule has 1 aliphatic rings. The topological polar surface area (TPSA) is 74.0 Å². The Morgan fingerprint density at radius 2 is 2.07 bits per heavy atom. The van der Waals surface area contributed by atoms with Gasteiger partial charge in [0.1, 0.15) is 17.7 Å². The van der Waals surface area contributed by atoms with Gasteiger partial charge in [0.05, 0.1) is 25.4 Å². The van der Waals surface area contributed by atoms with Gasteiger partial charge in [0.15, 0.2) is 0 Å². The third kappa shape index (κ3) is 3.88. The van der Waals surface area contributed by atoms with Gasteiger partial charge in [0.2, 0.25) is 11.8 Å². The van der Waals surface area contributed by atoms with Gasteiger partial charge >= 0.3 is 0 Å². The van der Waals surface area contributed by atoms with E-state index < -0.39 is 23.6 Å². The van der Waals surface area contributed by atoms with Crippen molar-refractivity contribution in [2.75, 3.05) is 6.54 Å². The zero-order valence-electron chi connectivity index (χ0n) is 14.6. The number of carbonyl (C=O) groups is 2. The van der Waals surface area contributed by atoms with Crippen molar-refractivity contribution in [3.63, 3.8) is 0 Å². The highest BCUT2D eigenvalue weighted by Crippen LogP contribution is 2.42. The van der Waals surface area contributed by atoms with Gasteiger partial charge in [-0.2, -0.15) is 0 Å². The van der Waals surface area contributed by atoms with E-state index in [2.05, 4.69) is 15.6 Å². The smallest absolute Gasteiger partial charge is 0.244 e. The molecule has 1 aromatic carbocycles. The number of benzene rings is 1. The molecule has 1 atom stereocenters. The number of nitrogens with one attached hydrogen (secondary N) is 3. The number of fused-ring (bicyclic) bond motifs is 1. The molecule has 3 aromatic rings. The Morgan fingerprint density at radius 3 is 2.72 bits per heavy atom. The molecule has 1 saturated heterocycles. The molecule has 0 radical (unpaired) electrons. The van der Waals surface area contributed by atoms with E-state index in [1.165, 1.54) is 29.6 Å². The highest BCUT2D eigenvalue weighted by Gasteiger charge is 2.25. The van der Waals surface area contributed by atoms with Gasteiger partial charge in [-0.05, 0) is 24.6 Å². The van der Waals surface area contributed by atoms with E-state index in [0.717, 1.165) is 6.07 Å². The molecule has 0 spiro atoms. The lowest BCUT2D eigenvalue weighted by atomic mass is 10.1. The fraction of sp³-hybridized carbons (Fsp3) is 0.158. The fourth-order valence-corrected chi connectivity index (χ4v) is 4.79. The normalized spacial score (nSPS) is 16.7. The molecular formula is C19H13Cl2F2N3O2S. The summed E-state index contributed by atoms with van der Waals surface area (Å²) in [5.41, 5.74) is 0.871. The average molecular weight is 456 g/mol. The second kappa shape index (κ2) is 7.78. The maximum Gasteiger partial charge on any atom is 0.244 e. The van der Waals surface area contributed by atoms with Crippen molar-refractivity contribution < 1.29 is 18.4 Å². The quantitative estimate of drug-likeness (QED) is 0.506. The lowest BCUT2D eigenvalue weighted by Gasteiger charge is -2.07. The lowest BCUT2D eigenvalue weighted by molar-refractivity contribution is -0.125. The van der Waals surface area contributed by atoms with Crippen LogP contribution >= 0.6 is 34.5 Å². The van der Waals surface area contributed by atoms with Gasteiger partial charge in [0, 0.05) is 29.6 Å². The Morgan fingerprint density at radius 1 is 1.28 bits per heavy atom. The summed E-state index contributed by atoms with van der Waals surface area (Å²) in [4.78, 5) is 27.3. The number of aromatic nitrogens is 1. The first-order valence-electron chi connectivity index (χ1n) is 8.55. The number of aromatic amines is 1. The monoisotopic (exact) mass is 455 g/mol. The Bertz CT molecular complexity index is 1170. The van der Waals surface area contributed by atoms with E-state index in [4.69, 9.17) is 23.2 Å². The second-order valence-electron chi connectivity index (χ2n) is 6.43. The molecule has 3 N–H and O–H groups in total. The lowest BCUT2D eigenvalue weighted by Crippen LogP contribution is -2.39. The second-order valence-corrected chi connectivity index (χ2v) is 8.52. The van der Waals surface area contributed by atoms with Gasteiger partial charge in [0.25, 0.3) is 0 Å². The predicted molar refractivity (Wildman–Crippen MR) is 110 cm³/mol. The van der Waals surface area contributed by atoms with Crippen LogP contribution in [0.5, 0.6) is 0 Å². The van der Waals surface area contributed by atoms with Crippen LogP contribution in [0.4, 0.5) is 8.78 Å². The summed E-state index contributed by atoms with van der Waals surface area (Å²) in [6, 6.07) is 2.88. The van der Waals surface area contributed by atoms with E-state index in [1.807, 2.05) is 0 Å². The van der Waals surface area contributed by atoms with Crippen LogP contribution < -0.4 is 10.6 Å². The van der Waals surface area contributed by atoms with Gasteiger partial charge in [-0.1, -0.05) is 23.2 Å². The number of thiophene rings is 1. The highest BCUT2D eigenvalue weighted by molar-refractivity contribution is 7.20.